The normalized spacial score (nSPS) is 13.8. The van der Waals surface area contributed by atoms with E-state index in [9.17, 15) is 19.2 Å². The summed E-state index contributed by atoms with van der Waals surface area (Å²) in [4.78, 5) is 73.1. The zero-order valence-corrected chi connectivity index (χ0v) is 64.0. The highest BCUT2D eigenvalue weighted by Gasteiger charge is 2.35. The lowest BCUT2D eigenvalue weighted by Gasteiger charge is -2.13. The second-order valence-corrected chi connectivity index (χ2v) is 35.5. The summed E-state index contributed by atoms with van der Waals surface area (Å²) in [6.07, 6.45) is 27.0. The van der Waals surface area contributed by atoms with Gasteiger partial charge in [-0.05, 0) is 171 Å². The van der Waals surface area contributed by atoms with Gasteiger partial charge < -0.3 is 0 Å². The van der Waals surface area contributed by atoms with E-state index in [-0.39, 0.29) is 34.3 Å². The number of hydrogen-bond donors (Lipinski definition) is 0. The van der Waals surface area contributed by atoms with Crippen molar-refractivity contribution in [2.75, 3.05) is 0 Å². The van der Waals surface area contributed by atoms with Gasteiger partial charge in [-0.2, -0.15) is 0 Å². The van der Waals surface area contributed by atoms with E-state index in [0.717, 1.165) is 99.6 Å². The van der Waals surface area contributed by atoms with Crippen LogP contribution in [0, 0.1) is 11.8 Å². The van der Waals surface area contributed by atoms with E-state index in [1.54, 1.807) is 46.9 Å². The van der Waals surface area contributed by atoms with E-state index in [1.807, 2.05) is 104 Å². The quantitative estimate of drug-likeness (QED) is 0.0321. The van der Waals surface area contributed by atoms with Crippen LogP contribution in [0.3, 0.4) is 0 Å². The van der Waals surface area contributed by atoms with Gasteiger partial charge in [0.2, 0.25) is 0 Å². The molecule has 0 saturated carbocycles. The molecule has 0 amide bonds. The predicted molar refractivity (Wildman–Crippen MR) is 427 cm³/mol. The molecule has 3 aromatic carbocycles. The van der Waals surface area contributed by atoms with Gasteiger partial charge in [0.25, 0.3) is 0 Å². The number of thiophene rings is 8. The monoisotopic (exact) mass is 1430 g/mol. The van der Waals surface area contributed by atoms with Crippen LogP contribution in [0.2, 0.25) is 0 Å². The van der Waals surface area contributed by atoms with Gasteiger partial charge in [-0.1, -0.05) is 175 Å². The fraction of sp³-hybridized carbons (Fsp3) is 0.365. The number of benzene rings is 3. The smallest absolute Gasteiger partial charge is 0.197 e. The van der Waals surface area contributed by atoms with Crippen LogP contribution < -0.4 is 0 Å². The maximum absolute atomic E-state index is 13.8. The molecule has 0 aliphatic heterocycles. The van der Waals surface area contributed by atoms with E-state index >= 15 is 0 Å². The van der Waals surface area contributed by atoms with Crippen molar-refractivity contribution >= 4 is 146 Å². The first kappa shape index (κ1) is 69.4. The van der Waals surface area contributed by atoms with E-state index in [0.29, 0.717) is 34.1 Å². The molecule has 0 spiro atoms. The molecule has 0 fully saturated rings. The Morgan fingerprint density at radius 2 is 0.691 bits per heavy atom. The molecule has 13 rings (SSSR count). The number of fused-ring (bicyclic) bond motifs is 4. The lowest BCUT2D eigenvalue weighted by molar-refractivity contribution is 0.0975. The number of allylic oxidation sites excluding steroid dienone is 2. The summed E-state index contributed by atoms with van der Waals surface area (Å²) in [7, 11) is 0. The SMILES string of the molecule is CCCCc1cc(C=C2C(=O)c3ccccc3C2=O)sc1-c1cc(CCCC)c(-c2cc3c(-c4ccc(CC(CC)CCCC)s4)c4sc(-c5sc(-c6sc(C=C7C(=O)c8ccccc8C7=O)cc6CCCC)cc5CCCC)cc4c(-c4ccc(CC(CC)CCC)s4)c3s2)s1. The molecule has 2 unspecified atom stereocenters. The molecule has 0 bridgehead atoms. The maximum atomic E-state index is 13.8. The zero-order valence-electron chi connectivity index (χ0n) is 57.4. The van der Waals surface area contributed by atoms with Crippen molar-refractivity contribution in [2.24, 2.45) is 11.8 Å². The summed E-state index contributed by atoms with van der Waals surface area (Å²) in [5, 5.41) is 2.68. The Morgan fingerprint density at radius 1 is 0.340 bits per heavy atom. The van der Waals surface area contributed by atoms with Crippen molar-refractivity contribution < 1.29 is 19.2 Å². The molecular formula is C85H88O4S8. The molecular weight excluding hydrogens is 1340 g/mol. The fourth-order valence-electron chi connectivity index (χ4n) is 14.4. The minimum atomic E-state index is -0.180. The minimum absolute atomic E-state index is 0.180. The van der Waals surface area contributed by atoms with Crippen LogP contribution >= 0.6 is 90.7 Å². The topological polar surface area (TPSA) is 68.3 Å². The summed E-state index contributed by atoms with van der Waals surface area (Å²) in [6, 6.07) is 39.0. The van der Waals surface area contributed by atoms with Crippen molar-refractivity contribution in [2.45, 2.75) is 190 Å². The Balaban J connectivity index is 1.00. The summed E-state index contributed by atoms with van der Waals surface area (Å²) in [6.45, 7) is 18.5. The van der Waals surface area contributed by atoms with E-state index in [2.05, 4.69) is 116 Å². The third kappa shape index (κ3) is 14.2. The number of carbonyl (C=O) groups is 4. The van der Waals surface area contributed by atoms with Crippen molar-refractivity contribution in [3.8, 4) is 59.9 Å². The lowest BCUT2D eigenvalue weighted by atomic mass is 9.95. The molecule has 97 heavy (non-hydrogen) atoms. The Hall–Kier alpha value is -6.06. The molecule has 2 atom stereocenters. The third-order valence-electron chi connectivity index (χ3n) is 19.8. The Kier molecular flexibility index (Phi) is 22.3. The van der Waals surface area contributed by atoms with Gasteiger partial charge >= 0.3 is 0 Å². The van der Waals surface area contributed by atoms with Crippen LogP contribution in [0.15, 0.2) is 120 Å². The number of carbonyl (C=O) groups excluding carboxylic acids is 4. The van der Waals surface area contributed by atoms with Gasteiger partial charge in [0.15, 0.2) is 23.1 Å². The standard InChI is InChI=1S/C85H88O4S8/c1-9-17-27-51(16-8)41-57-37-39-69(91-57)75-65-49-73(83-55(31-21-13-5)45-71(95-83)81-53(29-19-11-3)43-59(93-81)47-67-78(88)62-34-24-25-35-63(62)79(67)89)96-84(65)74(68-38-36-56(90-68)40-50(15-7)26-14-6)64-48-72(97-85(64)75)82-54(30-20-12-4)44-70(94-82)80-52(28-18-10-2)42-58(92-80)46-66-76(86)60-32-22-23-33-61(60)77(66)87/h22-25,32-39,42-51H,9-21,26-31,40-41H2,1-8H3. The Bertz CT molecular complexity index is 4470. The van der Waals surface area contributed by atoms with Crippen LogP contribution in [-0.2, 0) is 38.5 Å². The van der Waals surface area contributed by atoms with Crippen LogP contribution in [-0.4, -0.2) is 23.1 Å². The number of unbranched alkanes of at least 4 members (excludes halogenated alkanes) is 5. The van der Waals surface area contributed by atoms with Crippen molar-refractivity contribution in [3.05, 3.63) is 184 Å². The molecule has 12 heteroatoms. The molecule has 8 aromatic heterocycles. The molecule has 0 saturated heterocycles. The first-order chi connectivity index (χ1) is 47.4. The van der Waals surface area contributed by atoms with Crippen molar-refractivity contribution in [1.29, 1.82) is 0 Å². The largest absolute Gasteiger partial charge is 0.288 e. The summed E-state index contributed by atoms with van der Waals surface area (Å²) in [5.74, 6) is 0.588. The van der Waals surface area contributed by atoms with Gasteiger partial charge in [0, 0.05) is 122 Å². The van der Waals surface area contributed by atoms with Crippen LogP contribution in [0.25, 0.3) is 92.2 Å². The first-order valence-corrected chi connectivity index (χ1v) is 42.4. The van der Waals surface area contributed by atoms with Gasteiger partial charge in [-0.25, -0.2) is 0 Å². The molecule has 11 aromatic rings. The van der Waals surface area contributed by atoms with E-state index in [1.165, 1.54) is 157 Å². The lowest BCUT2D eigenvalue weighted by Crippen LogP contribution is -2.01. The van der Waals surface area contributed by atoms with E-state index in [4.69, 9.17) is 0 Å². The zero-order chi connectivity index (χ0) is 67.4. The Labute approximate surface area is 606 Å². The van der Waals surface area contributed by atoms with Crippen LogP contribution in [0.5, 0.6) is 0 Å². The molecule has 4 nitrogen and oxygen atoms in total. The van der Waals surface area contributed by atoms with Crippen LogP contribution in [0.1, 0.15) is 235 Å². The van der Waals surface area contributed by atoms with Crippen molar-refractivity contribution in [3.63, 3.8) is 0 Å². The number of ketones is 4. The molecule has 2 aliphatic rings. The second-order valence-electron chi connectivity index (χ2n) is 26.8. The number of hydrogen-bond acceptors (Lipinski definition) is 12. The molecule has 8 heterocycles. The number of rotatable bonds is 31. The molecule has 500 valence electrons. The summed E-state index contributed by atoms with van der Waals surface area (Å²) >= 11 is 15.4. The minimum Gasteiger partial charge on any atom is -0.288 e. The fourth-order valence-corrected chi connectivity index (χ4v) is 24.6. The highest BCUT2D eigenvalue weighted by Crippen LogP contribution is 2.57. The van der Waals surface area contributed by atoms with Gasteiger partial charge in [0.05, 0.1) is 11.1 Å². The van der Waals surface area contributed by atoms with Gasteiger partial charge in [0.1, 0.15) is 0 Å². The number of Topliss-reactive ketones (excluding diaryl/α,β-unsaturated/α-hetero) is 4. The van der Waals surface area contributed by atoms with E-state index < -0.39 is 0 Å². The highest BCUT2D eigenvalue weighted by molar-refractivity contribution is 7.31. The molecule has 0 radical (unpaired) electrons. The summed E-state index contributed by atoms with van der Waals surface area (Å²) < 4.78 is 2.72. The van der Waals surface area contributed by atoms with Gasteiger partial charge in [-0.15, -0.1) is 90.7 Å². The molecule has 2 aliphatic carbocycles. The van der Waals surface area contributed by atoms with Gasteiger partial charge in [-0.3, -0.25) is 19.2 Å². The third-order valence-corrected chi connectivity index (χ3v) is 29.7. The average Bonchev–Trinajstić information content (AvgIpc) is 1.57. The average molecular weight is 1430 g/mol. The highest BCUT2D eigenvalue weighted by atomic mass is 32.1. The Morgan fingerprint density at radius 3 is 1.05 bits per heavy atom. The number of aryl methyl sites for hydroxylation is 4. The first-order valence-electron chi connectivity index (χ1n) is 35.9. The van der Waals surface area contributed by atoms with Crippen molar-refractivity contribution in [1.82, 2.24) is 0 Å². The maximum Gasteiger partial charge on any atom is 0.197 e. The predicted octanol–water partition coefficient (Wildman–Crippen LogP) is 27.9. The summed E-state index contributed by atoms with van der Waals surface area (Å²) in [5.41, 5.74) is 10.6. The second kappa shape index (κ2) is 31.2. The van der Waals surface area contributed by atoms with Crippen LogP contribution in [0.4, 0.5) is 0 Å². The molecule has 0 N–H and O–H groups in total.